The second-order valence-electron chi connectivity index (χ2n) is 7.29. The molecule has 2 aliphatic rings. The number of carbonyl (C=O) groups excluding carboxylic acids is 1. The molecule has 140 valence electrons. The van der Waals surface area contributed by atoms with Gasteiger partial charge in [-0.1, -0.05) is 12.1 Å². The van der Waals surface area contributed by atoms with E-state index in [9.17, 15) is 15.0 Å². The average molecular weight is 376 g/mol. The number of aryl methyl sites for hydroxylation is 1. The highest BCUT2D eigenvalue weighted by Crippen LogP contribution is 2.35. The number of ether oxygens (including phenoxy) is 1. The van der Waals surface area contributed by atoms with Gasteiger partial charge in [0.1, 0.15) is 6.10 Å². The molecule has 6 nitrogen and oxygen atoms in total. The first-order valence-corrected chi connectivity index (χ1v) is 9.99. The van der Waals surface area contributed by atoms with E-state index >= 15 is 0 Å². The number of aromatic nitrogens is 1. The van der Waals surface area contributed by atoms with E-state index in [0.717, 1.165) is 15.2 Å². The first-order chi connectivity index (χ1) is 12.5. The zero-order valence-electron chi connectivity index (χ0n) is 14.6. The minimum atomic E-state index is -0.797. The lowest BCUT2D eigenvalue weighted by molar-refractivity contribution is -0.188. The topological polar surface area (TPSA) is 82.9 Å². The highest BCUT2D eigenvalue weighted by molar-refractivity contribution is 7.18. The molecule has 3 heterocycles. The van der Waals surface area contributed by atoms with Crippen LogP contribution in [0, 0.1) is 0 Å². The van der Waals surface area contributed by atoms with E-state index in [-0.39, 0.29) is 18.1 Å². The fraction of sp³-hybridized carbons (Fsp3) is 0.579. The van der Waals surface area contributed by atoms with Crippen LogP contribution in [0.5, 0.6) is 0 Å². The van der Waals surface area contributed by atoms with Crippen LogP contribution in [0.4, 0.5) is 0 Å². The van der Waals surface area contributed by atoms with E-state index in [1.807, 2.05) is 23.1 Å². The van der Waals surface area contributed by atoms with E-state index in [2.05, 4.69) is 11.1 Å². The number of aliphatic hydroxyl groups excluding tert-OH is 2. The molecule has 0 aliphatic carbocycles. The first kappa shape index (κ1) is 17.9. The fourth-order valence-electron chi connectivity index (χ4n) is 3.86. The molecule has 1 amide bonds. The Morgan fingerprint density at radius 1 is 1.27 bits per heavy atom. The van der Waals surface area contributed by atoms with Crippen LogP contribution in [0.1, 0.15) is 30.7 Å². The van der Waals surface area contributed by atoms with Crippen molar-refractivity contribution < 1.29 is 19.7 Å². The zero-order valence-corrected chi connectivity index (χ0v) is 15.5. The SMILES string of the molecule is O=C(CCc1nc2ccccc2s1)N1CCC2(CC1)C[C@@H](O)[C@@H](O)CO2. The van der Waals surface area contributed by atoms with Crippen molar-refractivity contribution in [3.05, 3.63) is 29.3 Å². The molecule has 26 heavy (non-hydrogen) atoms. The quantitative estimate of drug-likeness (QED) is 0.853. The third-order valence-electron chi connectivity index (χ3n) is 5.50. The van der Waals surface area contributed by atoms with Crippen LogP contribution in [-0.4, -0.2) is 63.5 Å². The Morgan fingerprint density at radius 3 is 2.77 bits per heavy atom. The monoisotopic (exact) mass is 376 g/mol. The summed E-state index contributed by atoms with van der Waals surface area (Å²) in [6.07, 6.45) is 1.48. The van der Waals surface area contributed by atoms with Crippen molar-refractivity contribution in [2.75, 3.05) is 19.7 Å². The Balaban J connectivity index is 1.29. The van der Waals surface area contributed by atoms with E-state index in [1.165, 1.54) is 0 Å². The maximum absolute atomic E-state index is 12.5. The summed E-state index contributed by atoms with van der Waals surface area (Å²) in [5.41, 5.74) is 0.609. The van der Waals surface area contributed by atoms with Crippen molar-refractivity contribution in [3.63, 3.8) is 0 Å². The number of piperidine rings is 1. The van der Waals surface area contributed by atoms with Gasteiger partial charge in [-0.2, -0.15) is 0 Å². The Labute approximate surface area is 156 Å². The lowest BCUT2D eigenvalue weighted by Crippen LogP contribution is -2.55. The molecular formula is C19H24N2O4S. The number of rotatable bonds is 3. The van der Waals surface area contributed by atoms with Gasteiger partial charge in [-0.3, -0.25) is 4.79 Å². The molecule has 2 saturated heterocycles. The third kappa shape index (κ3) is 3.62. The summed E-state index contributed by atoms with van der Waals surface area (Å²) >= 11 is 1.65. The lowest BCUT2D eigenvalue weighted by atomic mass is 9.82. The van der Waals surface area contributed by atoms with E-state index in [1.54, 1.807) is 11.3 Å². The van der Waals surface area contributed by atoms with E-state index in [0.29, 0.717) is 45.2 Å². The van der Waals surface area contributed by atoms with Gasteiger partial charge in [-0.15, -0.1) is 11.3 Å². The minimum absolute atomic E-state index is 0.149. The van der Waals surface area contributed by atoms with Crippen molar-refractivity contribution >= 4 is 27.5 Å². The van der Waals surface area contributed by atoms with Crippen LogP contribution < -0.4 is 0 Å². The maximum Gasteiger partial charge on any atom is 0.222 e. The van der Waals surface area contributed by atoms with E-state index < -0.39 is 12.2 Å². The molecule has 0 saturated carbocycles. The number of hydrogen-bond acceptors (Lipinski definition) is 6. The van der Waals surface area contributed by atoms with Gasteiger partial charge in [-0.05, 0) is 25.0 Å². The van der Waals surface area contributed by atoms with Gasteiger partial charge in [0.25, 0.3) is 0 Å². The van der Waals surface area contributed by atoms with Gasteiger partial charge < -0.3 is 19.8 Å². The van der Waals surface area contributed by atoms with Crippen LogP contribution in [0.15, 0.2) is 24.3 Å². The van der Waals surface area contributed by atoms with Gasteiger partial charge in [0.15, 0.2) is 0 Å². The number of carbonyl (C=O) groups is 1. The maximum atomic E-state index is 12.5. The summed E-state index contributed by atoms with van der Waals surface area (Å²) in [6, 6.07) is 8.03. The average Bonchev–Trinajstić information content (AvgIpc) is 3.07. The van der Waals surface area contributed by atoms with Crippen LogP contribution in [-0.2, 0) is 16.0 Å². The molecule has 1 spiro atoms. The van der Waals surface area contributed by atoms with Gasteiger partial charge in [-0.25, -0.2) is 4.98 Å². The van der Waals surface area contributed by atoms with Crippen molar-refractivity contribution in [1.82, 2.24) is 9.88 Å². The van der Waals surface area contributed by atoms with Gasteiger partial charge in [0.05, 0.1) is 33.5 Å². The Morgan fingerprint density at radius 2 is 2.04 bits per heavy atom. The minimum Gasteiger partial charge on any atom is -0.390 e. The molecule has 0 bridgehead atoms. The van der Waals surface area contributed by atoms with Crippen molar-refractivity contribution in [3.8, 4) is 0 Å². The number of benzene rings is 1. The third-order valence-corrected chi connectivity index (χ3v) is 6.60. The zero-order chi connectivity index (χ0) is 18.1. The molecule has 2 fully saturated rings. The number of thiazole rings is 1. The second kappa shape index (κ2) is 7.23. The van der Waals surface area contributed by atoms with Crippen molar-refractivity contribution in [1.29, 1.82) is 0 Å². The molecule has 2 atom stereocenters. The van der Waals surface area contributed by atoms with Crippen LogP contribution in [0.2, 0.25) is 0 Å². The number of hydrogen-bond donors (Lipinski definition) is 2. The predicted octanol–water partition coefficient (Wildman–Crippen LogP) is 1.73. The summed E-state index contributed by atoms with van der Waals surface area (Å²) in [7, 11) is 0. The Hall–Kier alpha value is -1.54. The van der Waals surface area contributed by atoms with Crippen LogP contribution in [0.25, 0.3) is 10.2 Å². The summed E-state index contributed by atoms with van der Waals surface area (Å²) in [6.45, 7) is 1.45. The summed E-state index contributed by atoms with van der Waals surface area (Å²) < 4.78 is 6.98. The number of amides is 1. The second-order valence-corrected chi connectivity index (χ2v) is 8.40. The molecule has 2 aliphatic heterocycles. The van der Waals surface area contributed by atoms with Crippen molar-refractivity contribution in [2.24, 2.45) is 0 Å². The number of nitrogens with zero attached hydrogens (tertiary/aromatic N) is 2. The molecule has 2 N–H and O–H groups in total. The molecule has 0 unspecified atom stereocenters. The number of para-hydroxylation sites is 1. The van der Waals surface area contributed by atoms with Crippen LogP contribution >= 0.6 is 11.3 Å². The fourth-order valence-corrected chi connectivity index (χ4v) is 4.83. The number of fused-ring (bicyclic) bond motifs is 1. The Kier molecular flexibility index (Phi) is 4.96. The number of aliphatic hydroxyl groups is 2. The molecule has 7 heteroatoms. The lowest BCUT2D eigenvalue weighted by Gasteiger charge is -2.46. The van der Waals surface area contributed by atoms with Crippen LogP contribution in [0.3, 0.4) is 0 Å². The first-order valence-electron chi connectivity index (χ1n) is 9.17. The number of likely N-dealkylation sites (tertiary alicyclic amines) is 1. The smallest absolute Gasteiger partial charge is 0.222 e. The summed E-state index contributed by atoms with van der Waals surface area (Å²) in [5, 5.41) is 20.5. The highest BCUT2D eigenvalue weighted by Gasteiger charge is 2.43. The normalized spacial score (nSPS) is 25.7. The van der Waals surface area contributed by atoms with Gasteiger partial charge in [0.2, 0.25) is 5.91 Å². The van der Waals surface area contributed by atoms with Gasteiger partial charge in [0, 0.05) is 32.4 Å². The standard InChI is InChI=1S/C19H24N2O4S/c22-14-11-19(25-12-15(14)23)7-9-21(10-8-19)18(24)6-5-17-20-13-3-1-2-4-16(13)26-17/h1-4,14-15,22-23H,5-12H2/t14-,15+/m1/s1. The predicted molar refractivity (Wildman–Crippen MR) is 99.1 cm³/mol. The molecular weight excluding hydrogens is 352 g/mol. The molecule has 1 aromatic heterocycles. The van der Waals surface area contributed by atoms with Crippen molar-refractivity contribution in [2.45, 2.75) is 49.9 Å². The Bertz CT molecular complexity index is 752. The largest absolute Gasteiger partial charge is 0.390 e. The summed E-state index contributed by atoms with van der Waals surface area (Å²) in [5.74, 6) is 0.149. The summed E-state index contributed by atoms with van der Waals surface area (Å²) in [4.78, 5) is 19.0. The molecule has 4 rings (SSSR count). The molecule has 1 aromatic carbocycles. The molecule has 0 radical (unpaired) electrons. The highest BCUT2D eigenvalue weighted by atomic mass is 32.1. The van der Waals surface area contributed by atoms with E-state index in [4.69, 9.17) is 4.74 Å². The molecule has 2 aromatic rings. The van der Waals surface area contributed by atoms with Gasteiger partial charge >= 0.3 is 0 Å².